The van der Waals surface area contributed by atoms with Gasteiger partial charge in [0.2, 0.25) is 11.8 Å². The van der Waals surface area contributed by atoms with Crippen LogP contribution in [-0.2, 0) is 9.59 Å². The number of halogens is 1. The summed E-state index contributed by atoms with van der Waals surface area (Å²) in [4.78, 5) is 25.5. The van der Waals surface area contributed by atoms with Gasteiger partial charge in [0.05, 0.1) is 11.8 Å². The highest BCUT2D eigenvalue weighted by Gasteiger charge is 2.55. The van der Waals surface area contributed by atoms with Gasteiger partial charge in [-0.1, -0.05) is 13.5 Å². The fraction of sp³-hybridized carbons (Fsp3) is 0.714. The monoisotopic (exact) mass is 361 g/mol. The number of carbonyl (C=O) groups excluding carboxylic acids is 2. The smallest absolute Gasteiger partial charge is 0.233 e. The molecule has 1 saturated carbocycles. The van der Waals surface area contributed by atoms with Gasteiger partial charge in [-0.25, -0.2) is 0 Å². The maximum atomic E-state index is 12.1. The van der Waals surface area contributed by atoms with E-state index in [1.165, 1.54) is 8.48 Å². The molecule has 0 N–H and O–H groups in total. The van der Waals surface area contributed by atoms with Gasteiger partial charge in [0.15, 0.2) is 0 Å². The van der Waals surface area contributed by atoms with Crippen LogP contribution in [0.2, 0.25) is 0 Å². The van der Waals surface area contributed by atoms with Gasteiger partial charge in [-0.3, -0.25) is 14.5 Å². The number of imide groups is 1. The summed E-state index contributed by atoms with van der Waals surface area (Å²) in [5.74, 6) is 0.743. The molecule has 100 valence electrons. The van der Waals surface area contributed by atoms with E-state index >= 15 is 0 Å². The molecule has 0 aromatic rings. The molecule has 18 heavy (non-hydrogen) atoms. The van der Waals surface area contributed by atoms with Crippen LogP contribution in [0, 0.1) is 23.7 Å². The summed E-state index contributed by atoms with van der Waals surface area (Å²) in [6.07, 6.45) is 4.16. The quantitative estimate of drug-likeness (QED) is 0.570. The molecule has 0 aromatic carbocycles. The van der Waals surface area contributed by atoms with Gasteiger partial charge in [-0.05, 0) is 63.7 Å². The van der Waals surface area contributed by atoms with E-state index in [0.29, 0.717) is 11.8 Å². The van der Waals surface area contributed by atoms with Crippen molar-refractivity contribution >= 4 is 34.4 Å². The highest BCUT2D eigenvalue weighted by Crippen LogP contribution is 2.48. The molecule has 2 fully saturated rings. The molecule has 4 unspecified atom stereocenters. The molecule has 0 aromatic heterocycles. The first-order valence-electron chi connectivity index (χ1n) is 6.58. The van der Waals surface area contributed by atoms with Crippen molar-refractivity contribution in [2.24, 2.45) is 23.7 Å². The Labute approximate surface area is 122 Å². The number of fused-ring (bicyclic) bond motifs is 1. The van der Waals surface area contributed by atoms with Crippen LogP contribution in [0.1, 0.15) is 32.6 Å². The van der Waals surface area contributed by atoms with Gasteiger partial charge in [0.25, 0.3) is 0 Å². The number of hydrogen-bond donors (Lipinski definition) is 0. The molecule has 2 rings (SSSR count). The van der Waals surface area contributed by atoms with Crippen molar-refractivity contribution in [3.05, 3.63) is 10.2 Å². The highest BCUT2D eigenvalue weighted by atomic mass is 127. The molecular weight excluding hydrogens is 341 g/mol. The summed E-state index contributed by atoms with van der Waals surface area (Å²) < 4.78 is 1.17. The predicted molar refractivity (Wildman–Crippen MR) is 79.0 cm³/mol. The van der Waals surface area contributed by atoms with E-state index in [1.54, 1.807) is 7.05 Å². The van der Waals surface area contributed by atoms with E-state index in [1.807, 2.05) is 0 Å². The van der Waals surface area contributed by atoms with Gasteiger partial charge >= 0.3 is 0 Å². The molecule has 1 heterocycles. The molecule has 0 spiro atoms. The number of allylic oxidation sites excluding steroid dienone is 1. The third-order valence-electron chi connectivity index (χ3n) is 4.44. The summed E-state index contributed by atoms with van der Waals surface area (Å²) in [6, 6.07) is 0. The molecule has 1 saturated heterocycles. The molecule has 4 atom stereocenters. The van der Waals surface area contributed by atoms with Gasteiger partial charge in [0.1, 0.15) is 0 Å². The van der Waals surface area contributed by atoms with Crippen molar-refractivity contribution < 1.29 is 9.59 Å². The average molecular weight is 361 g/mol. The van der Waals surface area contributed by atoms with Crippen LogP contribution >= 0.6 is 22.6 Å². The average Bonchev–Trinajstić information content (AvgIpc) is 2.72. The van der Waals surface area contributed by atoms with Crippen LogP contribution in [0.4, 0.5) is 0 Å². The van der Waals surface area contributed by atoms with E-state index in [4.69, 9.17) is 0 Å². The summed E-state index contributed by atoms with van der Waals surface area (Å²) in [6.45, 7) is 6.01. The largest absolute Gasteiger partial charge is 0.285 e. The third kappa shape index (κ3) is 2.36. The minimum atomic E-state index is -0.0460. The van der Waals surface area contributed by atoms with Crippen LogP contribution in [0.3, 0.4) is 0 Å². The molecule has 1 aliphatic heterocycles. The molecular formula is C14H20INO2. The SMILES string of the molecule is C=C(I)CCCC1CC(C)C2C(=O)N(C)C(=O)C12. The number of hydrogen-bond acceptors (Lipinski definition) is 2. The standard InChI is InChI=1S/C14H20INO2/c1-8-7-10(6-4-5-9(2)15)12-11(8)13(17)16(3)14(12)18/h8,10-12H,2,4-7H2,1,3H3. The fourth-order valence-electron chi connectivity index (χ4n) is 3.58. The van der Waals surface area contributed by atoms with Crippen molar-refractivity contribution in [3.63, 3.8) is 0 Å². The Hall–Kier alpha value is -0.390. The Morgan fingerprint density at radius 3 is 2.61 bits per heavy atom. The lowest BCUT2D eigenvalue weighted by Gasteiger charge is -2.16. The Kier molecular flexibility index (Phi) is 4.14. The molecule has 0 radical (unpaired) electrons. The first-order chi connectivity index (χ1) is 8.43. The zero-order chi connectivity index (χ0) is 13.4. The Bertz CT molecular complexity index is 393. The molecule has 3 nitrogen and oxygen atoms in total. The van der Waals surface area contributed by atoms with E-state index in [-0.39, 0.29) is 23.7 Å². The second-order valence-electron chi connectivity index (χ2n) is 5.67. The number of amides is 2. The minimum absolute atomic E-state index is 0.0401. The Morgan fingerprint density at radius 1 is 1.39 bits per heavy atom. The van der Waals surface area contributed by atoms with E-state index in [0.717, 1.165) is 25.7 Å². The van der Waals surface area contributed by atoms with E-state index < -0.39 is 0 Å². The van der Waals surface area contributed by atoms with Gasteiger partial charge < -0.3 is 0 Å². The van der Waals surface area contributed by atoms with Gasteiger partial charge in [0, 0.05) is 7.05 Å². The normalized spacial score (nSPS) is 35.2. The predicted octanol–water partition coefficient (Wildman–Crippen LogP) is 2.99. The molecule has 4 heteroatoms. The molecule has 2 amide bonds. The van der Waals surface area contributed by atoms with Crippen LogP contribution in [0.5, 0.6) is 0 Å². The second kappa shape index (κ2) is 5.31. The van der Waals surface area contributed by atoms with E-state index in [2.05, 4.69) is 36.1 Å². The maximum Gasteiger partial charge on any atom is 0.233 e. The van der Waals surface area contributed by atoms with Gasteiger partial charge in [-0.15, -0.1) is 0 Å². The lowest BCUT2D eigenvalue weighted by molar-refractivity contribution is -0.139. The number of carbonyl (C=O) groups is 2. The van der Waals surface area contributed by atoms with Crippen LogP contribution in [0.25, 0.3) is 0 Å². The minimum Gasteiger partial charge on any atom is -0.285 e. The second-order valence-corrected chi connectivity index (χ2v) is 7.20. The van der Waals surface area contributed by atoms with Crippen LogP contribution < -0.4 is 0 Å². The third-order valence-corrected chi connectivity index (χ3v) is 4.98. The van der Waals surface area contributed by atoms with Crippen molar-refractivity contribution in [2.75, 3.05) is 7.05 Å². The molecule has 0 bridgehead atoms. The van der Waals surface area contributed by atoms with Gasteiger partial charge in [-0.2, -0.15) is 0 Å². The van der Waals surface area contributed by atoms with E-state index in [9.17, 15) is 9.59 Å². The number of likely N-dealkylation sites (tertiary alicyclic amines) is 1. The summed E-state index contributed by atoms with van der Waals surface area (Å²) in [5, 5.41) is 0. The van der Waals surface area contributed by atoms with Crippen LogP contribution in [-0.4, -0.2) is 23.8 Å². The Morgan fingerprint density at radius 2 is 2.00 bits per heavy atom. The molecule has 2 aliphatic rings. The Balaban J connectivity index is 2.04. The van der Waals surface area contributed by atoms with Crippen molar-refractivity contribution in [3.8, 4) is 0 Å². The number of rotatable bonds is 4. The summed E-state index contributed by atoms with van der Waals surface area (Å²) in [5.41, 5.74) is 0. The van der Waals surface area contributed by atoms with Crippen LogP contribution in [0.15, 0.2) is 10.2 Å². The van der Waals surface area contributed by atoms with Crippen molar-refractivity contribution in [2.45, 2.75) is 32.6 Å². The highest BCUT2D eigenvalue weighted by molar-refractivity contribution is 14.1. The topological polar surface area (TPSA) is 37.4 Å². The fourth-order valence-corrected chi connectivity index (χ4v) is 3.96. The zero-order valence-electron chi connectivity index (χ0n) is 11.0. The summed E-state index contributed by atoms with van der Waals surface area (Å²) in [7, 11) is 1.62. The zero-order valence-corrected chi connectivity index (χ0v) is 13.1. The maximum absolute atomic E-state index is 12.1. The first-order valence-corrected chi connectivity index (χ1v) is 7.66. The lowest BCUT2D eigenvalue weighted by Crippen LogP contribution is -2.29. The lowest BCUT2D eigenvalue weighted by atomic mass is 9.87. The molecule has 1 aliphatic carbocycles. The number of nitrogens with zero attached hydrogens (tertiary/aromatic N) is 1. The summed E-state index contributed by atoms with van der Waals surface area (Å²) >= 11 is 2.25. The van der Waals surface area contributed by atoms with Crippen molar-refractivity contribution in [1.29, 1.82) is 0 Å². The first kappa shape index (κ1) is 14.0. The van der Waals surface area contributed by atoms with Crippen molar-refractivity contribution in [1.82, 2.24) is 4.90 Å².